The third-order valence-corrected chi connectivity index (χ3v) is 5.14. The van der Waals surface area contributed by atoms with Crippen molar-refractivity contribution in [3.05, 3.63) is 29.3 Å². The molecule has 24 heavy (non-hydrogen) atoms. The normalized spacial score (nSPS) is 33.4. The summed E-state index contributed by atoms with van der Waals surface area (Å²) in [6.45, 7) is 0. The average molecular weight is 354 g/mol. The first-order valence-corrected chi connectivity index (χ1v) is 7.70. The summed E-state index contributed by atoms with van der Waals surface area (Å²) in [5, 5.41) is 24.1. The lowest BCUT2D eigenvalue weighted by Crippen LogP contribution is -2.52. The van der Waals surface area contributed by atoms with Crippen LogP contribution >= 0.6 is 11.6 Å². The maximum Gasteiger partial charge on any atom is 0.324 e. The molecule has 3 rings (SSSR count). The first-order valence-electron chi connectivity index (χ1n) is 7.33. The van der Waals surface area contributed by atoms with Crippen LogP contribution in [0.1, 0.15) is 6.42 Å². The molecule has 0 bridgehead atoms. The zero-order valence-corrected chi connectivity index (χ0v) is 13.2. The number of nitrogens with one attached hydrogen (secondary N) is 2. The van der Waals surface area contributed by atoms with Gasteiger partial charge in [0.05, 0.1) is 16.6 Å². The van der Waals surface area contributed by atoms with E-state index < -0.39 is 47.3 Å². The number of anilines is 1. The monoisotopic (exact) mass is 353 g/mol. The fourth-order valence-corrected chi connectivity index (χ4v) is 3.90. The van der Waals surface area contributed by atoms with Crippen LogP contribution in [0.15, 0.2) is 24.3 Å². The first-order chi connectivity index (χ1) is 11.3. The molecule has 2 aliphatic rings. The third kappa shape index (κ3) is 2.57. The second kappa shape index (κ2) is 5.64. The van der Waals surface area contributed by atoms with Crippen molar-refractivity contribution in [2.24, 2.45) is 23.5 Å². The van der Waals surface area contributed by atoms with Crippen LogP contribution in [0.3, 0.4) is 0 Å². The SMILES string of the molecule is N[C@@]1(C(=O)O)C[C@H](NC(=O)Nc2ccccc2Cl)[C@H]2[C@H](C(=O)O)[C@H]21. The number of amides is 2. The highest BCUT2D eigenvalue weighted by Crippen LogP contribution is 2.61. The number of hydrogen-bond donors (Lipinski definition) is 5. The van der Waals surface area contributed by atoms with Gasteiger partial charge in [-0.1, -0.05) is 23.7 Å². The van der Waals surface area contributed by atoms with Crippen LogP contribution in [0, 0.1) is 17.8 Å². The Hall–Kier alpha value is -2.32. The van der Waals surface area contributed by atoms with Gasteiger partial charge in [0.25, 0.3) is 0 Å². The second-order valence-corrected chi connectivity index (χ2v) is 6.61. The van der Waals surface area contributed by atoms with Crippen LogP contribution in [0.25, 0.3) is 0 Å². The van der Waals surface area contributed by atoms with Crippen LogP contribution in [0.4, 0.5) is 10.5 Å². The van der Waals surface area contributed by atoms with Gasteiger partial charge in [-0.05, 0) is 24.5 Å². The van der Waals surface area contributed by atoms with Gasteiger partial charge in [0.15, 0.2) is 0 Å². The van der Waals surface area contributed by atoms with Crippen LogP contribution < -0.4 is 16.4 Å². The lowest BCUT2D eigenvalue weighted by Gasteiger charge is -2.25. The molecule has 6 N–H and O–H groups in total. The minimum atomic E-state index is -1.64. The Labute approximate surface area is 142 Å². The molecule has 128 valence electrons. The van der Waals surface area contributed by atoms with Crippen molar-refractivity contribution >= 4 is 35.3 Å². The van der Waals surface area contributed by atoms with Gasteiger partial charge in [-0.3, -0.25) is 9.59 Å². The van der Waals surface area contributed by atoms with Crippen molar-refractivity contribution in [3.63, 3.8) is 0 Å². The van der Waals surface area contributed by atoms with Gasteiger partial charge in [0.1, 0.15) is 5.54 Å². The van der Waals surface area contributed by atoms with E-state index in [9.17, 15) is 24.6 Å². The molecule has 9 heteroatoms. The van der Waals surface area contributed by atoms with Gasteiger partial charge in [-0.15, -0.1) is 0 Å². The summed E-state index contributed by atoms with van der Waals surface area (Å²) in [4.78, 5) is 34.8. The van der Waals surface area contributed by atoms with Gasteiger partial charge in [-0.2, -0.15) is 0 Å². The number of urea groups is 1. The van der Waals surface area contributed by atoms with Crippen LogP contribution in [-0.2, 0) is 9.59 Å². The van der Waals surface area contributed by atoms with E-state index in [0.29, 0.717) is 10.7 Å². The van der Waals surface area contributed by atoms with Crippen molar-refractivity contribution in [3.8, 4) is 0 Å². The largest absolute Gasteiger partial charge is 0.481 e. The minimum Gasteiger partial charge on any atom is -0.481 e. The molecule has 2 aliphatic carbocycles. The quantitative estimate of drug-likeness (QED) is 0.546. The molecular formula is C15H16ClN3O5. The van der Waals surface area contributed by atoms with Gasteiger partial charge in [0.2, 0.25) is 0 Å². The zero-order valence-electron chi connectivity index (χ0n) is 12.4. The lowest BCUT2D eigenvalue weighted by molar-refractivity contribution is -0.145. The summed E-state index contributed by atoms with van der Waals surface area (Å²) < 4.78 is 0. The number of fused-ring (bicyclic) bond motifs is 1. The maximum atomic E-state index is 12.1. The van der Waals surface area contributed by atoms with E-state index in [-0.39, 0.29) is 6.42 Å². The number of nitrogens with two attached hydrogens (primary N) is 1. The Morgan fingerprint density at radius 2 is 1.92 bits per heavy atom. The molecular weight excluding hydrogens is 338 g/mol. The number of carboxylic acid groups (broad SMARTS) is 2. The predicted octanol–water partition coefficient (Wildman–Crippen LogP) is 0.963. The smallest absolute Gasteiger partial charge is 0.324 e. The van der Waals surface area contributed by atoms with Gasteiger partial charge in [0, 0.05) is 12.0 Å². The number of para-hydroxylation sites is 1. The highest BCUT2D eigenvalue weighted by Gasteiger charge is 2.74. The minimum absolute atomic E-state index is 0.0165. The molecule has 2 fully saturated rings. The molecule has 0 aromatic heterocycles. The molecule has 2 amide bonds. The number of rotatable bonds is 4. The van der Waals surface area contributed by atoms with Gasteiger partial charge < -0.3 is 26.6 Å². The molecule has 0 saturated heterocycles. The van der Waals surface area contributed by atoms with Crippen molar-refractivity contribution in [1.82, 2.24) is 5.32 Å². The maximum absolute atomic E-state index is 12.1. The Bertz CT molecular complexity index is 727. The summed E-state index contributed by atoms with van der Waals surface area (Å²) in [6.07, 6.45) is -0.0165. The van der Waals surface area contributed by atoms with Crippen LogP contribution in [0.5, 0.6) is 0 Å². The molecule has 0 radical (unpaired) electrons. The van der Waals surface area contributed by atoms with E-state index in [1.807, 2.05) is 0 Å². The number of carbonyl (C=O) groups excluding carboxylic acids is 1. The number of benzene rings is 1. The van der Waals surface area contributed by atoms with Crippen molar-refractivity contribution < 1.29 is 24.6 Å². The van der Waals surface area contributed by atoms with Gasteiger partial charge in [-0.25, -0.2) is 4.79 Å². The number of carboxylic acids is 2. The van der Waals surface area contributed by atoms with Crippen molar-refractivity contribution in [2.45, 2.75) is 18.0 Å². The Kier molecular flexibility index (Phi) is 3.89. The fraction of sp³-hybridized carbons (Fsp3) is 0.400. The van der Waals surface area contributed by atoms with E-state index in [1.54, 1.807) is 24.3 Å². The fourth-order valence-electron chi connectivity index (χ4n) is 3.72. The van der Waals surface area contributed by atoms with E-state index in [2.05, 4.69) is 10.6 Å². The molecule has 0 aliphatic heterocycles. The van der Waals surface area contributed by atoms with Crippen molar-refractivity contribution in [2.75, 3.05) is 5.32 Å². The first kappa shape index (κ1) is 16.5. The standard InChI is InChI=1S/C15H16ClN3O5/c16-6-3-1-2-4-7(6)18-14(24)19-8-5-15(17,13(22)23)11-9(8)10(11)12(20)21/h1-4,8-11H,5,17H2,(H,20,21)(H,22,23)(H2,18,19,24)/t8-,9-,10-,11-,15-/m0/s1. The summed E-state index contributed by atoms with van der Waals surface area (Å²) in [7, 11) is 0. The summed E-state index contributed by atoms with van der Waals surface area (Å²) in [6, 6.07) is 5.42. The number of carbonyl (C=O) groups is 3. The Balaban J connectivity index is 1.71. The molecule has 1 aromatic rings. The number of aliphatic carboxylic acids is 2. The van der Waals surface area contributed by atoms with E-state index >= 15 is 0 Å². The molecule has 8 nitrogen and oxygen atoms in total. The molecule has 0 spiro atoms. The summed E-state index contributed by atoms with van der Waals surface area (Å²) >= 11 is 5.96. The number of halogens is 1. The Morgan fingerprint density at radius 1 is 1.25 bits per heavy atom. The number of hydrogen-bond acceptors (Lipinski definition) is 4. The summed E-state index contributed by atoms with van der Waals surface area (Å²) in [5.41, 5.74) is 4.66. The average Bonchev–Trinajstić information content (AvgIpc) is 3.18. The molecule has 5 atom stereocenters. The lowest BCUT2D eigenvalue weighted by atomic mass is 9.90. The predicted molar refractivity (Wildman–Crippen MR) is 84.7 cm³/mol. The van der Waals surface area contributed by atoms with Crippen molar-refractivity contribution in [1.29, 1.82) is 0 Å². The highest BCUT2D eigenvalue weighted by molar-refractivity contribution is 6.33. The van der Waals surface area contributed by atoms with E-state index in [4.69, 9.17) is 17.3 Å². The van der Waals surface area contributed by atoms with E-state index in [1.165, 1.54) is 0 Å². The summed E-state index contributed by atoms with van der Waals surface area (Å²) in [5.74, 6) is -4.37. The third-order valence-electron chi connectivity index (χ3n) is 4.81. The van der Waals surface area contributed by atoms with E-state index in [0.717, 1.165) is 0 Å². The molecule has 1 aromatic carbocycles. The highest BCUT2D eigenvalue weighted by atomic mass is 35.5. The molecule has 0 heterocycles. The van der Waals surface area contributed by atoms with Crippen LogP contribution in [-0.4, -0.2) is 39.8 Å². The topological polar surface area (TPSA) is 142 Å². The van der Waals surface area contributed by atoms with Gasteiger partial charge >= 0.3 is 18.0 Å². The second-order valence-electron chi connectivity index (χ2n) is 6.20. The molecule has 2 saturated carbocycles. The molecule has 0 unspecified atom stereocenters. The zero-order chi connectivity index (χ0) is 17.6. The Morgan fingerprint density at radius 3 is 2.50 bits per heavy atom. The van der Waals surface area contributed by atoms with Crippen LogP contribution in [0.2, 0.25) is 5.02 Å².